The highest BCUT2D eigenvalue weighted by Gasteiger charge is 2.20. The number of fused-ring (bicyclic) bond motifs is 1. The van der Waals surface area contributed by atoms with Gasteiger partial charge in [-0.1, -0.05) is 20.8 Å². The van der Waals surface area contributed by atoms with Gasteiger partial charge in [0.2, 0.25) is 5.28 Å². The Morgan fingerprint density at radius 2 is 2.00 bits per heavy atom. The van der Waals surface area contributed by atoms with Crippen molar-refractivity contribution in [2.75, 3.05) is 0 Å². The van der Waals surface area contributed by atoms with Crippen molar-refractivity contribution >= 4 is 33.2 Å². The first kappa shape index (κ1) is 9.87. The van der Waals surface area contributed by atoms with Crippen LogP contribution in [0.25, 0.3) is 10.2 Å². The molecule has 2 aromatic heterocycles. The highest BCUT2D eigenvalue weighted by atomic mass is 35.5. The molecule has 0 fully saturated rings. The summed E-state index contributed by atoms with van der Waals surface area (Å²) >= 11 is 7.47. The van der Waals surface area contributed by atoms with Crippen LogP contribution in [0, 0.1) is 0 Å². The average molecular weight is 227 g/mol. The van der Waals surface area contributed by atoms with Gasteiger partial charge in [0.1, 0.15) is 4.83 Å². The maximum absolute atomic E-state index is 5.87. The first-order valence-electron chi connectivity index (χ1n) is 4.40. The van der Waals surface area contributed by atoms with Crippen molar-refractivity contribution in [3.8, 4) is 0 Å². The third-order valence-corrected chi connectivity index (χ3v) is 2.98. The summed E-state index contributed by atoms with van der Waals surface area (Å²) in [5, 5.41) is 3.47. The highest BCUT2D eigenvalue weighted by molar-refractivity contribution is 7.16. The van der Waals surface area contributed by atoms with Crippen LogP contribution in [0.1, 0.15) is 26.5 Å². The number of rotatable bonds is 0. The highest BCUT2D eigenvalue weighted by Crippen LogP contribution is 2.30. The lowest BCUT2D eigenvalue weighted by molar-refractivity contribution is 0.574. The molecule has 0 bridgehead atoms. The molecule has 2 rings (SSSR count). The van der Waals surface area contributed by atoms with Crippen molar-refractivity contribution < 1.29 is 0 Å². The lowest BCUT2D eigenvalue weighted by Gasteiger charge is -2.18. The van der Waals surface area contributed by atoms with Crippen LogP contribution in [0.4, 0.5) is 0 Å². The summed E-state index contributed by atoms with van der Waals surface area (Å²) in [6.07, 6.45) is 0. The van der Waals surface area contributed by atoms with E-state index in [9.17, 15) is 0 Å². The molecule has 0 amide bonds. The zero-order valence-corrected chi connectivity index (χ0v) is 9.91. The van der Waals surface area contributed by atoms with E-state index >= 15 is 0 Å². The topological polar surface area (TPSA) is 25.8 Å². The molecule has 0 atom stereocenters. The quantitative estimate of drug-likeness (QED) is 0.641. The summed E-state index contributed by atoms with van der Waals surface area (Å²) in [5.41, 5.74) is 1.03. The Morgan fingerprint density at radius 1 is 1.29 bits per heavy atom. The first-order valence-corrected chi connectivity index (χ1v) is 5.65. The van der Waals surface area contributed by atoms with Crippen LogP contribution in [0.15, 0.2) is 11.4 Å². The Hall–Kier alpha value is -0.670. The van der Waals surface area contributed by atoms with Gasteiger partial charge in [0, 0.05) is 10.8 Å². The number of thiophene rings is 1. The fraction of sp³-hybridized carbons (Fsp3) is 0.400. The Bertz CT molecular complexity index is 470. The number of nitrogens with zero attached hydrogens (tertiary/aromatic N) is 2. The molecule has 0 aliphatic carbocycles. The lowest BCUT2D eigenvalue weighted by atomic mass is 9.90. The maximum Gasteiger partial charge on any atom is 0.223 e. The number of halogens is 1. The van der Waals surface area contributed by atoms with Crippen LogP contribution in [0.2, 0.25) is 5.28 Å². The van der Waals surface area contributed by atoms with E-state index in [1.165, 1.54) is 0 Å². The Kier molecular flexibility index (Phi) is 2.24. The van der Waals surface area contributed by atoms with Crippen LogP contribution >= 0.6 is 22.9 Å². The maximum atomic E-state index is 5.87. The molecule has 14 heavy (non-hydrogen) atoms. The molecular weight excluding hydrogens is 216 g/mol. The monoisotopic (exact) mass is 226 g/mol. The minimum Gasteiger partial charge on any atom is -0.222 e. The van der Waals surface area contributed by atoms with E-state index in [4.69, 9.17) is 11.6 Å². The van der Waals surface area contributed by atoms with E-state index in [1.807, 2.05) is 5.38 Å². The van der Waals surface area contributed by atoms with Crippen LogP contribution < -0.4 is 0 Å². The van der Waals surface area contributed by atoms with Gasteiger partial charge in [-0.25, -0.2) is 9.97 Å². The summed E-state index contributed by atoms with van der Waals surface area (Å²) in [6, 6.07) is 2.05. The molecular formula is C10H11ClN2S. The van der Waals surface area contributed by atoms with Crippen LogP contribution in [0.5, 0.6) is 0 Å². The molecule has 0 saturated carbocycles. The van der Waals surface area contributed by atoms with Crippen molar-refractivity contribution in [3.05, 3.63) is 22.4 Å². The fourth-order valence-corrected chi connectivity index (χ4v) is 2.38. The second kappa shape index (κ2) is 3.17. The second-order valence-corrected chi connectivity index (χ2v) is 5.46. The van der Waals surface area contributed by atoms with Gasteiger partial charge in [-0.05, 0) is 23.0 Å². The third-order valence-electron chi connectivity index (χ3n) is 2.01. The van der Waals surface area contributed by atoms with E-state index < -0.39 is 0 Å². The van der Waals surface area contributed by atoms with Gasteiger partial charge >= 0.3 is 0 Å². The van der Waals surface area contributed by atoms with Gasteiger partial charge < -0.3 is 0 Å². The zero-order valence-electron chi connectivity index (χ0n) is 8.34. The second-order valence-electron chi connectivity index (χ2n) is 4.23. The molecule has 2 heterocycles. The summed E-state index contributed by atoms with van der Waals surface area (Å²) in [4.78, 5) is 9.46. The fourth-order valence-electron chi connectivity index (χ4n) is 1.40. The number of hydrogen-bond donors (Lipinski definition) is 0. The van der Waals surface area contributed by atoms with E-state index in [0.29, 0.717) is 5.28 Å². The lowest BCUT2D eigenvalue weighted by Crippen LogP contribution is -2.14. The first-order chi connectivity index (χ1) is 6.48. The summed E-state index contributed by atoms with van der Waals surface area (Å²) in [7, 11) is 0. The van der Waals surface area contributed by atoms with Gasteiger partial charge in [0.05, 0.1) is 5.69 Å². The molecule has 0 aromatic carbocycles. The molecule has 0 unspecified atom stereocenters. The standard InChI is InChI=1S/C10H11ClN2S/c1-10(2,3)7-6-4-5-14-8(6)13-9(11)12-7/h4-5H,1-3H3. The minimum absolute atomic E-state index is 0.00586. The van der Waals surface area contributed by atoms with Crippen molar-refractivity contribution in [1.82, 2.24) is 9.97 Å². The van der Waals surface area contributed by atoms with E-state index in [0.717, 1.165) is 15.9 Å². The van der Waals surface area contributed by atoms with E-state index in [-0.39, 0.29) is 5.41 Å². The normalized spacial score (nSPS) is 12.3. The molecule has 0 N–H and O–H groups in total. The SMILES string of the molecule is CC(C)(C)c1nc(Cl)nc2sccc12. The van der Waals surface area contributed by atoms with E-state index in [2.05, 4.69) is 36.8 Å². The summed E-state index contributed by atoms with van der Waals surface area (Å²) in [6.45, 7) is 6.38. The van der Waals surface area contributed by atoms with E-state index in [1.54, 1.807) is 11.3 Å². The molecule has 0 aliphatic rings. The molecule has 0 saturated heterocycles. The van der Waals surface area contributed by atoms with Crippen LogP contribution in [0.3, 0.4) is 0 Å². The van der Waals surface area contributed by atoms with Gasteiger partial charge in [0.25, 0.3) is 0 Å². The molecule has 0 aliphatic heterocycles. The predicted molar refractivity (Wildman–Crippen MR) is 61.1 cm³/mol. The molecule has 4 heteroatoms. The molecule has 0 radical (unpaired) electrons. The number of hydrogen-bond acceptors (Lipinski definition) is 3. The van der Waals surface area contributed by atoms with Crippen LogP contribution in [-0.4, -0.2) is 9.97 Å². The number of aromatic nitrogens is 2. The largest absolute Gasteiger partial charge is 0.223 e. The Balaban J connectivity index is 2.80. The van der Waals surface area contributed by atoms with Crippen molar-refractivity contribution in [1.29, 1.82) is 0 Å². The molecule has 0 spiro atoms. The molecule has 2 nitrogen and oxygen atoms in total. The zero-order chi connectivity index (χ0) is 10.3. The molecule has 2 aromatic rings. The van der Waals surface area contributed by atoms with Crippen molar-refractivity contribution in [3.63, 3.8) is 0 Å². The van der Waals surface area contributed by atoms with Crippen LogP contribution in [-0.2, 0) is 5.41 Å². The van der Waals surface area contributed by atoms with Gasteiger partial charge in [0.15, 0.2) is 0 Å². The smallest absolute Gasteiger partial charge is 0.222 e. The minimum atomic E-state index is 0.00586. The van der Waals surface area contributed by atoms with Gasteiger partial charge in [-0.3, -0.25) is 0 Å². The Labute approximate surface area is 92.0 Å². The van der Waals surface area contributed by atoms with Crippen molar-refractivity contribution in [2.45, 2.75) is 26.2 Å². The summed E-state index contributed by atoms with van der Waals surface area (Å²) < 4.78 is 0. The summed E-state index contributed by atoms with van der Waals surface area (Å²) in [5.74, 6) is 0. The van der Waals surface area contributed by atoms with Crippen molar-refractivity contribution in [2.24, 2.45) is 0 Å². The average Bonchev–Trinajstić information content (AvgIpc) is 2.47. The predicted octanol–water partition coefficient (Wildman–Crippen LogP) is 3.64. The van der Waals surface area contributed by atoms with Gasteiger partial charge in [-0.15, -0.1) is 11.3 Å². The van der Waals surface area contributed by atoms with Gasteiger partial charge in [-0.2, -0.15) is 0 Å². The molecule has 74 valence electrons. The Morgan fingerprint density at radius 3 is 2.64 bits per heavy atom. The third kappa shape index (κ3) is 1.62.